The molecule has 1 aromatic carbocycles. The predicted molar refractivity (Wildman–Crippen MR) is 79.3 cm³/mol. The van der Waals surface area contributed by atoms with Crippen molar-refractivity contribution in [3.05, 3.63) is 34.9 Å². The molecule has 128 valence electrons. The van der Waals surface area contributed by atoms with Crippen LogP contribution < -0.4 is 0 Å². The van der Waals surface area contributed by atoms with E-state index in [1.165, 1.54) is 0 Å². The van der Waals surface area contributed by atoms with Crippen LogP contribution in [0.3, 0.4) is 0 Å². The fourth-order valence-corrected chi connectivity index (χ4v) is 3.30. The Bertz CT molecular complexity index is 723. The molecule has 8 nitrogen and oxygen atoms in total. The number of hydrogen-bond acceptors (Lipinski definition) is 4. The first kappa shape index (κ1) is 17.5. The monoisotopic (exact) mass is 336 g/mol. The van der Waals surface area contributed by atoms with E-state index in [-0.39, 0.29) is 29.5 Å². The van der Waals surface area contributed by atoms with E-state index in [9.17, 15) is 34.5 Å². The molecule has 2 atom stereocenters. The van der Waals surface area contributed by atoms with Crippen molar-refractivity contribution in [1.29, 1.82) is 0 Å². The molecule has 2 rings (SSSR count). The third-order valence-electron chi connectivity index (χ3n) is 4.52. The van der Waals surface area contributed by atoms with E-state index in [2.05, 4.69) is 0 Å². The molecule has 0 aromatic heterocycles. The molecule has 24 heavy (non-hydrogen) atoms. The summed E-state index contributed by atoms with van der Waals surface area (Å²) in [6.45, 7) is 0. The maximum absolute atomic E-state index is 12.0. The van der Waals surface area contributed by atoms with Crippen LogP contribution in [0.1, 0.15) is 52.0 Å². The van der Waals surface area contributed by atoms with Gasteiger partial charge >= 0.3 is 23.9 Å². The van der Waals surface area contributed by atoms with Crippen LogP contribution in [0.25, 0.3) is 0 Å². The molecule has 8 heteroatoms. The van der Waals surface area contributed by atoms with Gasteiger partial charge in [0.1, 0.15) is 0 Å². The van der Waals surface area contributed by atoms with Gasteiger partial charge in [-0.05, 0) is 43.0 Å². The molecular weight excluding hydrogens is 320 g/mol. The van der Waals surface area contributed by atoms with E-state index >= 15 is 0 Å². The van der Waals surface area contributed by atoms with Crippen LogP contribution in [0.15, 0.2) is 18.2 Å². The number of carboxylic acid groups (broad SMARTS) is 4. The average molecular weight is 336 g/mol. The summed E-state index contributed by atoms with van der Waals surface area (Å²) in [4.78, 5) is 45.9. The van der Waals surface area contributed by atoms with Gasteiger partial charge < -0.3 is 20.4 Å². The smallest absolute Gasteiger partial charge is 0.336 e. The third kappa shape index (κ3) is 2.94. The van der Waals surface area contributed by atoms with Crippen LogP contribution in [0.4, 0.5) is 0 Å². The minimum atomic E-state index is -1.74. The summed E-state index contributed by atoms with van der Waals surface area (Å²) >= 11 is 0. The molecule has 0 heterocycles. The molecule has 0 saturated heterocycles. The second kappa shape index (κ2) is 6.31. The topological polar surface area (TPSA) is 149 Å². The van der Waals surface area contributed by atoms with Crippen molar-refractivity contribution in [2.75, 3.05) is 0 Å². The molecule has 0 amide bonds. The van der Waals surface area contributed by atoms with Crippen molar-refractivity contribution in [3.63, 3.8) is 0 Å². The van der Waals surface area contributed by atoms with Gasteiger partial charge in [-0.2, -0.15) is 0 Å². The molecule has 0 spiro atoms. The summed E-state index contributed by atoms with van der Waals surface area (Å²) < 4.78 is 0. The quantitative estimate of drug-likeness (QED) is 0.634. The number of carbonyl (C=O) groups is 4. The highest BCUT2D eigenvalue weighted by Gasteiger charge is 2.48. The van der Waals surface area contributed by atoms with Crippen LogP contribution in [0, 0.1) is 5.92 Å². The lowest BCUT2D eigenvalue weighted by atomic mass is 9.64. The van der Waals surface area contributed by atoms with Crippen LogP contribution in [-0.2, 0) is 15.0 Å². The van der Waals surface area contributed by atoms with E-state index in [1.54, 1.807) is 0 Å². The Labute approximate surface area is 136 Å². The summed E-state index contributed by atoms with van der Waals surface area (Å²) in [7, 11) is 0. The molecule has 0 bridgehead atoms. The Balaban J connectivity index is 2.68. The number of aliphatic carboxylic acids is 2. The zero-order valence-electron chi connectivity index (χ0n) is 12.6. The summed E-state index contributed by atoms with van der Waals surface area (Å²) in [5.41, 5.74) is -2.46. The molecule has 1 saturated carbocycles. The van der Waals surface area contributed by atoms with Crippen molar-refractivity contribution in [2.24, 2.45) is 5.92 Å². The van der Waals surface area contributed by atoms with E-state index in [4.69, 9.17) is 5.11 Å². The summed E-state index contributed by atoms with van der Waals surface area (Å²) in [5.74, 6) is -6.13. The van der Waals surface area contributed by atoms with Gasteiger partial charge in [0.2, 0.25) is 0 Å². The lowest BCUT2D eigenvalue weighted by Crippen LogP contribution is -2.43. The Hall–Kier alpha value is -2.90. The van der Waals surface area contributed by atoms with E-state index in [0.29, 0.717) is 12.8 Å². The molecule has 4 N–H and O–H groups in total. The summed E-state index contributed by atoms with van der Waals surface area (Å²) in [5, 5.41) is 37.4. The second-order valence-corrected chi connectivity index (χ2v) is 5.89. The van der Waals surface area contributed by atoms with Crippen molar-refractivity contribution in [1.82, 2.24) is 0 Å². The largest absolute Gasteiger partial charge is 0.481 e. The predicted octanol–water partition coefficient (Wildman–Crippen LogP) is 1.68. The maximum atomic E-state index is 12.0. The van der Waals surface area contributed by atoms with Crippen molar-refractivity contribution in [2.45, 2.75) is 31.1 Å². The summed E-state index contributed by atoms with van der Waals surface area (Å²) in [6.07, 6.45) is 0.363. The molecule has 1 aliphatic rings. The average Bonchev–Trinajstić information content (AvgIpc) is 2.53. The summed E-state index contributed by atoms with van der Waals surface area (Å²) in [6, 6.07) is 3.17. The van der Waals surface area contributed by atoms with Gasteiger partial charge in [-0.15, -0.1) is 0 Å². The van der Waals surface area contributed by atoms with Crippen LogP contribution >= 0.6 is 0 Å². The molecule has 1 aliphatic carbocycles. The Morgan fingerprint density at radius 1 is 1.00 bits per heavy atom. The molecular formula is C16H16O8. The van der Waals surface area contributed by atoms with E-state index < -0.39 is 35.2 Å². The standard InChI is InChI=1S/C16H16O8/c17-12(18)8-3-4-10(14(21)22)11(6-8)16(15(23)24)5-1-2-9(7-16)13(19)20/h3-4,6,9H,1-2,5,7H2,(H,17,18)(H,19,20)(H,21,22)(H,23,24). The second-order valence-electron chi connectivity index (χ2n) is 5.89. The van der Waals surface area contributed by atoms with Crippen molar-refractivity contribution < 1.29 is 39.6 Å². The van der Waals surface area contributed by atoms with Gasteiger partial charge in [-0.3, -0.25) is 9.59 Å². The number of benzene rings is 1. The highest BCUT2D eigenvalue weighted by Crippen LogP contribution is 2.44. The van der Waals surface area contributed by atoms with Crippen LogP contribution in [-0.4, -0.2) is 44.3 Å². The first-order valence-corrected chi connectivity index (χ1v) is 7.26. The number of hydrogen-bond donors (Lipinski definition) is 4. The Kier molecular flexibility index (Phi) is 4.59. The van der Waals surface area contributed by atoms with E-state index in [1.807, 2.05) is 0 Å². The molecule has 0 radical (unpaired) electrons. The first-order valence-electron chi connectivity index (χ1n) is 7.26. The van der Waals surface area contributed by atoms with Gasteiger partial charge in [0.05, 0.1) is 22.5 Å². The van der Waals surface area contributed by atoms with E-state index in [0.717, 1.165) is 18.2 Å². The zero-order valence-corrected chi connectivity index (χ0v) is 12.6. The number of rotatable bonds is 5. The highest BCUT2D eigenvalue weighted by atomic mass is 16.4. The fourth-order valence-electron chi connectivity index (χ4n) is 3.30. The normalized spacial score (nSPS) is 23.4. The van der Waals surface area contributed by atoms with Gasteiger partial charge in [-0.25, -0.2) is 9.59 Å². The van der Waals surface area contributed by atoms with Gasteiger partial charge in [0.15, 0.2) is 0 Å². The van der Waals surface area contributed by atoms with Gasteiger partial charge in [0, 0.05) is 0 Å². The lowest BCUT2D eigenvalue weighted by Gasteiger charge is -2.37. The maximum Gasteiger partial charge on any atom is 0.336 e. The van der Waals surface area contributed by atoms with Crippen LogP contribution in [0.5, 0.6) is 0 Å². The molecule has 1 fully saturated rings. The fraction of sp³-hybridized carbons (Fsp3) is 0.375. The third-order valence-corrected chi connectivity index (χ3v) is 4.52. The SMILES string of the molecule is O=C(O)c1ccc(C(=O)O)c(C2(C(=O)O)CCCC(C(=O)O)C2)c1. The zero-order chi connectivity index (χ0) is 18.1. The van der Waals surface area contributed by atoms with Crippen molar-refractivity contribution in [3.8, 4) is 0 Å². The molecule has 1 aromatic rings. The van der Waals surface area contributed by atoms with Crippen molar-refractivity contribution >= 4 is 23.9 Å². The number of carboxylic acids is 4. The number of aromatic carboxylic acids is 2. The lowest BCUT2D eigenvalue weighted by molar-refractivity contribution is -0.150. The first-order chi connectivity index (χ1) is 11.2. The van der Waals surface area contributed by atoms with Crippen LogP contribution in [0.2, 0.25) is 0 Å². The minimum absolute atomic E-state index is 0.0511. The molecule has 0 aliphatic heterocycles. The van der Waals surface area contributed by atoms with Gasteiger partial charge in [-0.1, -0.05) is 6.42 Å². The Morgan fingerprint density at radius 2 is 1.67 bits per heavy atom. The highest BCUT2D eigenvalue weighted by molar-refractivity contribution is 5.96. The minimum Gasteiger partial charge on any atom is -0.481 e. The molecule has 2 unspecified atom stereocenters. The Morgan fingerprint density at radius 3 is 2.17 bits per heavy atom. The van der Waals surface area contributed by atoms with Gasteiger partial charge in [0.25, 0.3) is 0 Å².